The van der Waals surface area contributed by atoms with Crippen LogP contribution in [0.4, 0.5) is 0 Å². The van der Waals surface area contributed by atoms with Gasteiger partial charge in [-0.1, -0.05) is 42.5 Å². The van der Waals surface area contributed by atoms with E-state index in [4.69, 9.17) is 0 Å². The highest BCUT2D eigenvalue weighted by Gasteiger charge is 2.42. The van der Waals surface area contributed by atoms with E-state index in [1.165, 1.54) is 9.21 Å². The van der Waals surface area contributed by atoms with Crippen molar-refractivity contribution in [1.82, 2.24) is 9.21 Å². The zero-order chi connectivity index (χ0) is 20.9. The molecule has 8 heteroatoms. The second-order valence-corrected chi connectivity index (χ2v) is 10.3. The zero-order valence-corrected chi connectivity index (χ0v) is 17.5. The first-order valence-electron chi connectivity index (χ1n) is 9.57. The molecule has 0 spiro atoms. The van der Waals surface area contributed by atoms with Gasteiger partial charge in [0.1, 0.15) is 4.21 Å². The first-order valence-corrected chi connectivity index (χ1v) is 11.9. The average molecular weight is 439 g/mol. The van der Waals surface area contributed by atoms with Crippen molar-refractivity contribution in [3.63, 3.8) is 0 Å². The summed E-state index contributed by atoms with van der Waals surface area (Å²) in [6.45, 7) is 0.277. The van der Waals surface area contributed by atoms with E-state index in [0.717, 1.165) is 22.5 Å². The van der Waals surface area contributed by atoms with Gasteiger partial charge in [0.15, 0.2) is 0 Å². The molecule has 0 radical (unpaired) electrons. The van der Waals surface area contributed by atoms with Crippen molar-refractivity contribution in [3.05, 3.63) is 88.3 Å². The maximum absolute atomic E-state index is 13.4. The molecule has 6 nitrogen and oxygen atoms in total. The first kappa shape index (κ1) is 19.2. The maximum atomic E-state index is 13.4. The Bertz CT molecular complexity index is 1220. The fraction of sp³-hybridized carbons (Fsp3) is 0.182. The highest BCUT2D eigenvalue weighted by molar-refractivity contribution is 7.91. The summed E-state index contributed by atoms with van der Waals surface area (Å²) in [5, 5.41) is 1.73. The number of imide groups is 1. The molecule has 0 fully saturated rings. The van der Waals surface area contributed by atoms with E-state index < -0.39 is 16.1 Å². The molecule has 0 N–H and O–H groups in total. The number of carbonyl (C=O) groups excluding carboxylic acids is 2. The summed E-state index contributed by atoms with van der Waals surface area (Å²) < 4.78 is 28.4. The number of carbonyl (C=O) groups is 2. The Labute approximate surface area is 178 Å². The molecular formula is C22H18N2O4S2. The highest BCUT2D eigenvalue weighted by atomic mass is 32.2. The van der Waals surface area contributed by atoms with Crippen molar-refractivity contribution in [2.75, 3.05) is 13.1 Å². The Morgan fingerprint density at radius 3 is 2.23 bits per heavy atom. The van der Waals surface area contributed by atoms with E-state index in [9.17, 15) is 18.0 Å². The number of hydrogen-bond donors (Lipinski definition) is 0. The van der Waals surface area contributed by atoms with Gasteiger partial charge in [-0.2, -0.15) is 4.31 Å². The molecule has 1 unspecified atom stereocenters. The lowest BCUT2D eigenvalue weighted by Gasteiger charge is -2.37. The van der Waals surface area contributed by atoms with Gasteiger partial charge in [-0.3, -0.25) is 14.5 Å². The van der Waals surface area contributed by atoms with Gasteiger partial charge in [0.25, 0.3) is 21.8 Å². The minimum atomic E-state index is -3.75. The third-order valence-electron chi connectivity index (χ3n) is 5.65. The van der Waals surface area contributed by atoms with Gasteiger partial charge in [-0.05, 0) is 41.1 Å². The molecule has 0 saturated heterocycles. The van der Waals surface area contributed by atoms with E-state index >= 15 is 0 Å². The molecule has 2 aliphatic heterocycles. The highest BCUT2D eigenvalue weighted by Crippen LogP contribution is 2.37. The second kappa shape index (κ2) is 7.16. The topological polar surface area (TPSA) is 74.8 Å². The predicted molar refractivity (Wildman–Crippen MR) is 113 cm³/mol. The number of hydrogen-bond acceptors (Lipinski definition) is 5. The summed E-state index contributed by atoms with van der Waals surface area (Å²) in [6, 6.07) is 17.0. The largest absolute Gasteiger partial charge is 0.272 e. The third kappa shape index (κ3) is 2.91. The smallest absolute Gasteiger partial charge is 0.261 e. The van der Waals surface area contributed by atoms with Crippen LogP contribution in [0.1, 0.15) is 37.9 Å². The van der Waals surface area contributed by atoms with Crippen molar-refractivity contribution in [3.8, 4) is 0 Å². The van der Waals surface area contributed by atoms with Gasteiger partial charge in [0, 0.05) is 6.54 Å². The normalized spacial score (nSPS) is 19.1. The van der Waals surface area contributed by atoms with Crippen LogP contribution in [0.2, 0.25) is 0 Å². The molecule has 0 saturated carbocycles. The fourth-order valence-corrected chi connectivity index (χ4v) is 6.93. The zero-order valence-electron chi connectivity index (χ0n) is 15.9. The molecule has 1 aromatic heterocycles. The Kier molecular flexibility index (Phi) is 4.57. The van der Waals surface area contributed by atoms with Crippen LogP contribution in [0.5, 0.6) is 0 Å². The lowest BCUT2D eigenvalue weighted by Crippen LogP contribution is -2.46. The van der Waals surface area contributed by atoms with Gasteiger partial charge < -0.3 is 0 Å². The summed E-state index contributed by atoms with van der Waals surface area (Å²) in [5.41, 5.74) is 2.59. The fourth-order valence-electron chi connectivity index (χ4n) is 4.21. The number of sulfonamides is 1. The van der Waals surface area contributed by atoms with E-state index in [2.05, 4.69) is 0 Å². The van der Waals surface area contributed by atoms with Crippen LogP contribution >= 0.6 is 11.3 Å². The molecule has 2 aliphatic rings. The minimum absolute atomic E-state index is 0.0199. The average Bonchev–Trinajstić information content (AvgIpc) is 3.39. The van der Waals surface area contributed by atoms with Gasteiger partial charge in [0.2, 0.25) is 0 Å². The first-order chi connectivity index (χ1) is 14.5. The molecule has 2 aromatic carbocycles. The van der Waals surface area contributed by atoms with Crippen LogP contribution in [0, 0.1) is 0 Å². The standard InChI is InChI=1S/C22H18N2O4S2/c25-21-17-8-3-4-9-18(17)22(26)23(21)14-19-16-7-2-1-6-15(16)11-12-24(19)30(27,28)20-10-5-13-29-20/h1-10,13,19H,11-12,14H2. The molecule has 5 rings (SSSR count). The van der Waals surface area contributed by atoms with Crippen LogP contribution in [-0.4, -0.2) is 42.5 Å². The SMILES string of the molecule is O=C1c2ccccc2C(=O)N1CC1c2ccccc2CCN1S(=O)(=O)c1cccs1. The quantitative estimate of drug-likeness (QED) is 0.586. The van der Waals surface area contributed by atoms with Crippen molar-refractivity contribution >= 4 is 33.2 Å². The van der Waals surface area contributed by atoms with E-state index in [1.807, 2.05) is 24.3 Å². The summed E-state index contributed by atoms with van der Waals surface area (Å²) in [4.78, 5) is 27.0. The summed E-state index contributed by atoms with van der Waals surface area (Å²) in [5.74, 6) is -0.765. The van der Waals surface area contributed by atoms with Gasteiger partial charge >= 0.3 is 0 Å². The number of benzene rings is 2. The van der Waals surface area contributed by atoms with Crippen LogP contribution in [0.15, 0.2) is 70.3 Å². The van der Waals surface area contributed by atoms with Crippen LogP contribution in [-0.2, 0) is 16.4 Å². The summed E-state index contributed by atoms with van der Waals surface area (Å²) in [6.07, 6.45) is 0.583. The third-order valence-corrected chi connectivity index (χ3v) is 8.94. The monoisotopic (exact) mass is 438 g/mol. The van der Waals surface area contributed by atoms with Gasteiger partial charge in [-0.25, -0.2) is 8.42 Å². The molecule has 2 amide bonds. The second-order valence-electron chi connectivity index (χ2n) is 7.28. The van der Waals surface area contributed by atoms with Crippen molar-refractivity contribution in [1.29, 1.82) is 0 Å². The van der Waals surface area contributed by atoms with E-state index in [1.54, 1.807) is 41.8 Å². The number of rotatable bonds is 4. The van der Waals surface area contributed by atoms with Gasteiger partial charge in [-0.15, -0.1) is 11.3 Å². The lowest BCUT2D eigenvalue weighted by atomic mass is 9.94. The van der Waals surface area contributed by atoms with E-state index in [-0.39, 0.29) is 22.6 Å². The maximum Gasteiger partial charge on any atom is 0.261 e. The van der Waals surface area contributed by atoms with Gasteiger partial charge in [0.05, 0.1) is 23.7 Å². The molecule has 3 heterocycles. The molecule has 0 aliphatic carbocycles. The molecule has 1 atom stereocenters. The number of nitrogens with zero attached hydrogens (tertiary/aromatic N) is 2. The molecular weight excluding hydrogens is 420 g/mol. The van der Waals surface area contributed by atoms with Crippen LogP contribution in [0.3, 0.4) is 0 Å². The number of fused-ring (bicyclic) bond motifs is 2. The van der Waals surface area contributed by atoms with Crippen LogP contribution < -0.4 is 0 Å². The molecule has 152 valence electrons. The molecule has 30 heavy (non-hydrogen) atoms. The van der Waals surface area contributed by atoms with Crippen molar-refractivity contribution in [2.45, 2.75) is 16.7 Å². The summed E-state index contributed by atoms with van der Waals surface area (Å²) >= 11 is 1.16. The number of amides is 2. The Morgan fingerprint density at radius 2 is 1.57 bits per heavy atom. The number of thiophene rings is 1. The predicted octanol–water partition coefficient (Wildman–Crippen LogP) is 3.33. The lowest BCUT2D eigenvalue weighted by molar-refractivity contribution is 0.0616. The Balaban J connectivity index is 1.57. The minimum Gasteiger partial charge on any atom is -0.272 e. The molecule has 0 bridgehead atoms. The van der Waals surface area contributed by atoms with Crippen LogP contribution in [0.25, 0.3) is 0 Å². The van der Waals surface area contributed by atoms with E-state index in [0.29, 0.717) is 24.1 Å². The van der Waals surface area contributed by atoms with Crippen molar-refractivity contribution < 1.29 is 18.0 Å². The molecule has 3 aromatic rings. The van der Waals surface area contributed by atoms with Crippen molar-refractivity contribution in [2.24, 2.45) is 0 Å². The Morgan fingerprint density at radius 1 is 0.900 bits per heavy atom. The summed E-state index contributed by atoms with van der Waals surface area (Å²) in [7, 11) is -3.75. The Hall–Kier alpha value is -2.81.